The largest absolute Gasteiger partial charge is 0.330 e. The van der Waals surface area contributed by atoms with Gasteiger partial charge in [0, 0.05) is 12.0 Å². The lowest BCUT2D eigenvalue weighted by Crippen LogP contribution is -2.18. The molecule has 0 saturated heterocycles. The fourth-order valence-corrected chi connectivity index (χ4v) is 2.11. The summed E-state index contributed by atoms with van der Waals surface area (Å²) in [7, 11) is 0. The van der Waals surface area contributed by atoms with Crippen LogP contribution in [-0.2, 0) is 5.41 Å². The van der Waals surface area contributed by atoms with E-state index in [9.17, 15) is 0 Å². The minimum absolute atomic E-state index is 0.403. The third kappa shape index (κ3) is 0.796. The minimum atomic E-state index is 0.403. The van der Waals surface area contributed by atoms with Crippen LogP contribution in [0.2, 0.25) is 0 Å². The molecule has 0 unspecified atom stereocenters. The quantitative estimate of drug-likeness (QED) is 0.688. The molecule has 10 heavy (non-hydrogen) atoms. The molecule has 2 N–H and O–H groups in total. The van der Waals surface area contributed by atoms with Crippen LogP contribution in [0.1, 0.15) is 18.4 Å². The Morgan fingerprint density at radius 1 is 1.60 bits per heavy atom. The van der Waals surface area contributed by atoms with Crippen molar-refractivity contribution in [1.82, 2.24) is 0 Å². The molecule has 1 aromatic heterocycles. The fraction of sp³-hybridized carbons (Fsp3) is 0.500. The zero-order valence-electron chi connectivity index (χ0n) is 5.84. The molecule has 0 radical (unpaired) electrons. The molecule has 1 fully saturated rings. The van der Waals surface area contributed by atoms with Crippen LogP contribution in [0.5, 0.6) is 0 Å². The lowest BCUT2D eigenvalue weighted by atomic mass is 10.0. The van der Waals surface area contributed by atoms with Gasteiger partial charge in [-0.15, -0.1) is 0 Å². The third-order valence-electron chi connectivity index (χ3n) is 2.38. The highest BCUT2D eigenvalue weighted by atomic mass is 32.1. The predicted octanol–water partition coefficient (Wildman–Crippen LogP) is 1.74. The van der Waals surface area contributed by atoms with Gasteiger partial charge in [0.2, 0.25) is 0 Å². The van der Waals surface area contributed by atoms with Gasteiger partial charge in [0.25, 0.3) is 0 Å². The van der Waals surface area contributed by atoms with Crippen LogP contribution < -0.4 is 5.73 Å². The lowest BCUT2D eigenvalue weighted by Gasteiger charge is -2.08. The molecular weight excluding hydrogens is 142 g/mol. The molecule has 2 rings (SSSR count). The van der Waals surface area contributed by atoms with Crippen molar-refractivity contribution >= 4 is 11.3 Å². The van der Waals surface area contributed by atoms with E-state index in [0.717, 1.165) is 6.54 Å². The Kier molecular flexibility index (Phi) is 1.32. The molecule has 54 valence electrons. The summed E-state index contributed by atoms with van der Waals surface area (Å²) >= 11 is 1.77. The third-order valence-corrected chi connectivity index (χ3v) is 3.06. The van der Waals surface area contributed by atoms with Gasteiger partial charge < -0.3 is 5.73 Å². The summed E-state index contributed by atoms with van der Waals surface area (Å²) in [5, 5.41) is 4.35. The van der Waals surface area contributed by atoms with Crippen LogP contribution in [0, 0.1) is 0 Å². The second-order valence-electron chi connectivity index (χ2n) is 3.00. The second kappa shape index (κ2) is 2.07. The summed E-state index contributed by atoms with van der Waals surface area (Å²) in [5.41, 5.74) is 7.53. The van der Waals surface area contributed by atoms with Crippen LogP contribution in [0.3, 0.4) is 0 Å². The summed E-state index contributed by atoms with van der Waals surface area (Å²) in [6.45, 7) is 0.823. The Morgan fingerprint density at radius 2 is 2.40 bits per heavy atom. The van der Waals surface area contributed by atoms with E-state index in [1.807, 2.05) is 0 Å². The summed E-state index contributed by atoms with van der Waals surface area (Å²) in [5.74, 6) is 0. The predicted molar refractivity (Wildman–Crippen MR) is 44.3 cm³/mol. The average molecular weight is 153 g/mol. The van der Waals surface area contributed by atoms with Crippen molar-refractivity contribution in [1.29, 1.82) is 0 Å². The number of hydrogen-bond acceptors (Lipinski definition) is 2. The van der Waals surface area contributed by atoms with Gasteiger partial charge in [-0.3, -0.25) is 0 Å². The van der Waals surface area contributed by atoms with E-state index in [0.29, 0.717) is 5.41 Å². The molecule has 1 aliphatic rings. The summed E-state index contributed by atoms with van der Waals surface area (Å²) in [4.78, 5) is 0. The summed E-state index contributed by atoms with van der Waals surface area (Å²) < 4.78 is 0. The molecular formula is C8H11NS. The SMILES string of the molecule is NCC1(c2ccsc2)CC1. The summed E-state index contributed by atoms with van der Waals surface area (Å²) in [6.07, 6.45) is 2.58. The monoisotopic (exact) mass is 153 g/mol. The fourth-order valence-electron chi connectivity index (χ4n) is 1.33. The van der Waals surface area contributed by atoms with Crippen molar-refractivity contribution in [3.8, 4) is 0 Å². The van der Waals surface area contributed by atoms with Crippen LogP contribution in [0.15, 0.2) is 16.8 Å². The number of thiophene rings is 1. The Morgan fingerprint density at radius 3 is 2.80 bits per heavy atom. The van der Waals surface area contributed by atoms with Gasteiger partial charge in [-0.2, -0.15) is 11.3 Å². The Balaban J connectivity index is 2.27. The van der Waals surface area contributed by atoms with Crippen molar-refractivity contribution in [3.05, 3.63) is 22.4 Å². The minimum Gasteiger partial charge on any atom is -0.330 e. The highest BCUT2D eigenvalue weighted by Crippen LogP contribution is 2.47. The molecule has 0 aliphatic heterocycles. The van der Waals surface area contributed by atoms with E-state index in [1.165, 1.54) is 18.4 Å². The van der Waals surface area contributed by atoms with Crippen molar-refractivity contribution in [2.75, 3.05) is 6.54 Å². The smallest absolute Gasteiger partial charge is 0.00844 e. The standard InChI is InChI=1S/C8H11NS/c9-6-8(2-3-8)7-1-4-10-5-7/h1,4-5H,2-3,6,9H2. The van der Waals surface area contributed by atoms with Crippen LogP contribution in [0.25, 0.3) is 0 Å². The maximum Gasteiger partial charge on any atom is 0.00844 e. The molecule has 1 heterocycles. The first-order chi connectivity index (χ1) is 4.87. The van der Waals surface area contributed by atoms with Crippen molar-refractivity contribution < 1.29 is 0 Å². The molecule has 1 aromatic rings. The number of nitrogens with two attached hydrogens (primary N) is 1. The zero-order valence-corrected chi connectivity index (χ0v) is 6.66. The van der Waals surface area contributed by atoms with Crippen LogP contribution in [0.4, 0.5) is 0 Å². The van der Waals surface area contributed by atoms with Crippen molar-refractivity contribution in [2.24, 2.45) is 5.73 Å². The number of rotatable bonds is 2. The molecule has 0 amide bonds. The molecule has 1 aliphatic carbocycles. The van der Waals surface area contributed by atoms with Gasteiger partial charge in [0.1, 0.15) is 0 Å². The summed E-state index contributed by atoms with van der Waals surface area (Å²) in [6, 6.07) is 2.20. The lowest BCUT2D eigenvalue weighted by molar-refractivity contribution is 0.708. The highest BCUT2D eigenvalue weighted by Gasteiger charge is 2.42. The normalized spacial score (nSPS) is 20.9. The van der Waals surface area contributed by atoms with Crippen molar-refractivity contribution in [2.45, 2.75) is 18.3 Å². The molecule has 0 atom stereocenters. The van der Waals surface area contributed by atoms with Crippen LogP contribution in [-0.4, -0.2) is 6.54 Å². The van der Waals surface area contributed by atoms with Gasteiger partial charge in [-0.05, 0) is 35.2 Å². The second-order valence-corrected chi connectivity index (χ2v) is 3.78. The van der Waals surface area contributed by atoms with Crippen LogP contribution >= 0.6 is 11.3 Å². The van der Waals surface area contributed by atoms with E-state index in [1.54, 1.807) is 11.3 Å². The molecule has 1 saturated carbocycles. The maximum absolute atomic E-state index is 5.66. The Labute approximate surface area is 64.9 Å². The van der Waals surface area contributed by atoms with E-state index >= 15 is 0 Å². The highest BCUT2D eigenvalue weighted by molar-refractivity contribution is 7.08. The molecule has 1 nitrogen and oxygen atoms in total. The van der Waals surface area contributed by atoms with Crippen molar-refractivity contribution in [3.63, 3.8) is 0 Å². The first kappa shape index (κ1) is 6.38. The Hall–Kier alpha value is -0.340. The van der Waals surface area contributed by atoms with E-state index in [2.05, 4.69) is 16.8 Å². The van der Waals surface area contributed by atoms with Gasteiger partial charge in [-0.25, -0.2) is 0 Å². The van der Waals surface area contributed by atoms with E-state index in [4.69, 9.17) is 5.73 Å². The molecule has 2 heteroatoms. The van der Waals surface area contributed by atoms with Gasteiger partial charge in [-0.1, -0.05) is 0 Å². The van der Waals surface area contributed by atoms with Gasteiger partial charge in [0.05, 0.1) is 0 Å². The molecule has 0 spiro atoms. The first-order valence-corrected chi connectivity index (χ1v) is 4.54. The first-order valence-electron chi connectivity index (χ1n) is 3.60. The van der Waals surface area contributed by atoms with E-state index < -0.39 is 0 Å². The zero-order chi connectivity index (χ0) is 7.03. The Bertz CT molecular complexity index is 211. The maximum atomic E-state index is 5.66. The number of hydrogen-bond donors (Lipinski definition) is 1. The van der Waals surface area contributed by atoms with Gasteiger partial charge in [0.15, 0.2) is 0 Å². The topological polar surface area (TPSA) is 26.0 Å². The van der Waals surface area contributed by atoms with Gasteiger partial charge >= 0.3 is 0 Å². The molecule has 0 bridgehead atoms. The molecule has 0 aromatic carbocycles. The van der Waals surface area contributed by atoms with E-state index in [-0.39, 0.29) is 0 Å². The average Bonchev–Trinajstić information content (AvgIpc) is 2.58.